The Hall–Kier alpha value is -1.71. The molecule has 0 N–H and O–H groups in total. The summed E-state index contributed by atoms with van der Waals surface area (Å²) in [7, 11) is 0. The van der Waals surface area contributed by atoms with Crippen LogP contribution in [0.4, 0.5) is 10.5 Å². The molecule has 0 spiro atoms. The highest BCUT2D eigenvalue weighted by molar-refractivity contribution is 6.36. The van der Waals surface area contributed by atoms with E-state index in [-0.39, 0.29) is 6.03 Å². The number of halogens is 2. The minimum absolute atomic E-state index is 0.0220. The van der Waals surface area contributed by atoms with E-state index in [1.54, 1.807) is 23.1 Å². The lowest BCUT2D eigenvalue weighted by Gasteiger charge is -2.34. The van der Waals surface area contributed by atoms with Crippen LogP contribution in [0.15, 0.2) is 42.5 Å². The molecule has 0 unspecified atom stereocenters. The summed E-state index contributed by atoms with van der Waals surface area (Å²) in [4.78, 5) is 16.5. The maximum absolute atomic E-state index is 12.9. The summed E-state index contributed by atoms with van der Waals surface area (Å²) in [5, 5.41) is 1.05. The van der Waals surface area contributed by atoms with Gasteiger partial charge in [-0.3, -0.25) is 4.90 Å². The first-order valence-electron chi connectivity index (χ1n) is 7.68. The molecule has 0 saturated heterocycles. The van der Waals surface area contributed by atoms with Crippen LogP contribution in [0.3, 0.4) is 0 Å². The second-order valence-electron chi connectivity index (χ2n) is 5.56. The van der Waals surface area contributed by atoms with Crippen molar-refractivity contribution in [1.29, 1.82) is 0 Å². The van der Waals surface area contributed by atoms with Gasteiger partial charge in [-0.15, -0.1) is 0 Å². The molecule has 1 aliphatic heterocycles. The van der Waals surface area contributed by atoms with Crippen molar-refractivity contribution in [2.24, 2.45) is 0 Å². The zero-order chi connectivity index (χ0) is 16.4. The topological polar surface area (TPSA) is 23.6 Å². The van der Waals surface area contributed by atoms with Crippen LogP contribution in [0, 0.1) is 0 Å². The number of rotatable bonds is 2. The first-order valence-corrected chi connectivity index (χ1v) is 8.44. The van der Waals surface area contributed by atoms with Crippen molar-refractivity contribution in [3.05, 3.63) is 63.6 Å². The quantitative estimate of drug-likeness (QED) is 0.749. The molecule has 0 bridgehead atoms. The van der Waals surface area contributed by atoms with Crippen LogP contribution < -0.4 is 4.90 Å². The molecule has 120 valence electrons. The average Bonchev–Trinajstić information content (AvgIpc) is 2.56. The summed E-state index contributed by atoms with van der Waals surface area (Å²) < 4.78 is 0. The number of anilines is 1. The van der Waals surface area contributed by atoms with E-state index in [4.69, 9.17) is 23.2 Å². The summed E-state index contributed by atoms with van der Waals surface area (Å²) in [6.45, 7) is 3.85. The van der Waals surface area contributed by atoms with Crippen LogP contribution in [0.2, 0.25) is 10.0 Å². The average molecular weight is 349 g/mol. The maximum atomic E-state index is 12.9. The molecule has 0 radical (unpaired) electrons. The van der Waals surface area contributed by atoms with Gasteiger partial charge in [-0.2, -0.15) is 0 Å². The standard InChI is InChI=1S/C18H18Cl2N2O/c1-2-22(17-8-7-15(19)11-16(17)20)18(23)21-10-9-13-5-3-4-6-14(13)12-21/h3-8,11H,2,9-10,12H2,1H3. The van der Waals surface area contributed by atoms with Crippen LogP contribution >= 0.6 is 23.2 Å². The van der Waals surface area contributed by atoms with Crippen LogP contribution in [0.1, 0.15) is 18.1 Å². The van der Waals surface area contributed by atoms with Gasteiger partial charge >= 0.3 is 6.03 Å². The highest BCUT2D eigenvalue weighted by Gasteiger charge is 2.26. The van der Waals surface area contributed by atoms with E-state index in [0.717, 1.165) is 13.0 Å². The third-order valence-corrected chi connectivity index (χ3v) is 4.69. The van der Waals surface area contributed by atoms with Gasteiger partial charge in [0.05, 0.1) is 10.7 Å². The molecule has 2 amide bonds. The SMILES string of the molecule is CCN(C(=O)N1CCc2ccccc2C1)c1ccc(Cl)cc1Cl. The van der Waals surface area contributed by atoms with Crippen LogP contribution in [-0.4, -0.2) is 24.0 Å². The zero-order valence-electron chi connectivity index (χ0n) is 12.9. The Kier molecular flexibility index (Phi) is 4.79. The molecular formula is C18H18Cl2N2O. The summed E-state index contributed by atoms with van der Waals surface area (Å²) in [5.74, 6) is 0. The van der Waals surface area contributed by atoms with Crippen molar-refractivity contribution in [2.45, 2.75) is 19.9 Å². The highest BCUT2D eigenvalue weighted by atomic mass is 35.5. The minimum Gasteiger partial charge on any atom is -0.320 e. The van der Waals surface area contributed by atoms with E-state index < -0.39 is 0 Å². The number of carbonyl (C=O) groups excluding carboxylic acids is 1. The van der Waals surface area contributed by atoms with Crippen molar-refractivity contribution < 1.29 is 4.79 Å². The number of carbonyl (C=O) groups is 1. The molecule has 23 heavy (non-hydrogen) atoms. The molecule has 1 heterocycles. The summed E-state index contributed by atoms with van der Waals surface area (Å²) in [6, 6.07) is 13.5. The van der Waals surface area contributed by atoms with E-state index in [1.165, 1.54) is 11.1 Å². The number of urea groups is 1. The first-order chi connectivity index (χ1) is 11.1. The fourth-order valence-corrected chi connectivity index (χ4v) is 3.45. The van der Waals surface area contributed by atoms with Gasteiger partial charge in [0.25, 0.3) is 0 Å². The van der Waals surface area contributed by atoms with Crippen molar-refractivity contribution in [3.63, 3.8) is 0 Å². The maximum Gasteiger partial charge on any atom is 0.324 e. The fraction of sp³-hybridized carbons (Fsp3) is 0.278. The molecule has 0 aromatic heterocycles. The Morgan fingerprint density at radius 3 is 2.61 bits per heavy atom. The Balaban J connectivity index is 1.84. The Morgan fingerprint density at radius 1 is 1.17 bits per heavy atom. The van der Waals surface area contributed by atoms with E-state index in [0.29, 0.717) is 28.8 Å². The van der Waals surface area contributed by atoms with Gasteiger partial charge in [-0.25, -0.2) is 4.79 Å². The number of hydrogen-bond acceptors (Lipinski definition) is 1. The van der Waals surface area contributed by atoms with Gasteiger partial charge in [0.15, 0.2) is 0 Å². The number of fused-ring (bicyclic) bond motifs is 1. The Bertz CT molecular complexity index is 733. The van der Waals surface area contributed by atoms with Crippen molar-refractivity contribution >= 4 is 34.9 Å². The van der Waals surface area contributed by atoms with Gasteiger partial charge in [0.1, 0.15) is 0 Å². The van der Waals surface area contributed by atoms with Crippen LogP contribution in [0.5, 0.6) is 0 Å². The van der Waals surface area contributed by atoms with Gasteiger partial charge in [0.2, 0.25) is 0 Å². The summed E-state index contributed by atoms with van der Waals surface area (Å²) in [6.07, 6.45) is 0.883. The molecule has 5 heteroatoms. The number of benzene rings is 2. The van der Waals surface area contributed by atoms with Gasteiger partial charge in [-0.05, 0) is 42.7 Å². The number of nitrogens with zero attached hydrogens (tertiary/aromatic N) is 2. The monoisotopic (exact) mass is 348 g/mol. The third kappa shape index (κ3) is 3.31. The fourth-order valence-electron chi connectivity index (χ4n) is 2.94. The molecule has 3 nitrogen and oxygen atoms in total. The summed E-state index contributed by atoms with van der Waals surface area (Å²) in [5.41, 5.74) is 3.23. The highest BCUT2D eigenvalue weighted by Crippen LogP contribution is 2.30. The van der Waals surface area contributed by atoms with Gasteiger partial charge < -0.3 is 4.90 Å². The molecule has 0 aliphatic carbocycles. The lowest BCUT2D eigenvalue weighted by Crippen LogP contribution is -2.45. The third-order valence-electron chi connectivity index (χ3n) is 4.15. The van der Waals surface area contributed by atoms with Crippen molar-refractivity contribution in [3.8, 4) is 0 Å². The largest absolute Gasteiger partial charge is 0.324 e. The predicted molar refractivity (Wildman–Crippen MR) is 95.4 cm³/mol. The second kappa shape index (κ2) is 6.81. The number of hydrogen-bond donors (Lipinski definition) is 0. The lowest BCUT2D eigenvalue weighted by molar-refractivity contribution is 0.199. The Morgan fingerprint density at radius 2 is 1.91 bits per heavy atom. The van der Waals surface area contributed by atoms with Gasteiger partial charge in [-0.1, -0.05) is 47.5 Å². The molecule has 0 saturated carbocycles. The van der Waals surface area contributed by atoms with Crippen molar-refractivity contribution in [2.75, 3.05) is 18.0 Å². The number of amides is 2. The van der Waals surface area contributed by atoms with Gasteiger partial charge in [0, 0.05) is 24.7 Å². The van der Waals surface area contributed by atoms with Crippen LogP contribution in [-0.2, 0) is 13.0 Å². The second-order valence-corrected chi connectivity index (χ2v) is 6.41. The molecule has 0 atom stereocenters. The van der Waals surface area contributed by atoms with E-state index in [2.05, 4.69) is 12.1 Å². The molecule has 2 aromatic carbocycles. The van der Waals surface area contributed by atoms with Crippen LogP contribution in [0.25, 0.3) is 0 Å². The predicted octanol–water partition coefficient (Wildman–Crippen LogP) is 5.00. The minimum atomic E-state index is -0.0220. The summed E-state index contributed by atoms with van der Waals surface area (Å²) >= 11 is 12.2. The molecule has 3 rings (SSSR count). The van der Waals surface area contributed by atoms with Crippen molar-refractivity contribution in [1.82, 2.24) is 4.90 Å². The normalized spacial score (nSPS) is 13.6. The molecular weight excluding hydrogens is 331 g/mol. The van der Waals surface area contributed by atoms with E-state index in [9.17, 15) is 4.79 Å². The Labute approximate surface area is 146 Å². The zero-order valence-corrected chi connectivity index (χ0v) is 14.4. The van der Waals surface area contributed by atoms with E-state index in [1.807, 2.05) is 24.0 Å². The molecule has 1 aliphatic rings. The molecule has 0 fully saturated rings. The molecule has 2 aromatic rings. The smallest absolute Gasteiger partial charge is 0.320 e. The first kappa shape index (κ1) is 16.2. The van der Waals surface area contributed by atoms with E-state index >= 15 is 0 Å². The lowest BCUT2D eigenvalue weighted by atomic mass is 10.0.